The van der Waals surface area contributed by atoms with E-state index in [9.17, 15) is 13.2 Å². The number of benzene rings is 1. The summed E-state index contributed by atoms with van der Waals surface area (Å²) in [7, 11) is -3.14. The van der Waals surface area contributed by atoms with Crippen molar-refractivity contribution in [1.82, 2.24) is 0 Å². The van der Waals surface area contributed by atoms with Gasteiger partial charge in [-0.15, -0.1) is 0 Å². The van der Waals surface area contributed by atoms with E-state index in [0.29, 0.717) is 33.9 Å². The Morgan fingerprint density at radius 2 is 2.12 bits per heavy atom. The summed E-state index contributed by atoms with van der Waals surface area (Å²) in [5.41, 5.74) is 0.565. The van der Waals surface area contributed by atoms with Gasteiger partial charge in [0.2, 0.25) is 0 Å². The predicted molar refractivity (Wildman–Crippen MR) is 104 cm³/mol. The van der Waals surface area contributed by atoms with Crippen molar-refractivity contribution in [1.29, 1.82) is 0 Å². The maximum absolute atomic E-state index is 12.4. The summed E-state index contributed by atoms with van der Waals surface area (Å²) >= 11 is 13.8. The number of halogens is 2. The number of sulfone groups is 1. The third kappa shape index (κ3) is 3.49. The number of hydrogen-bond donors (Lipinski definition) is 0. The topological polar surface area (TPSA) is 76.0 Å². The lowest BCUT2D eigenvalue weighted by atomic mass is 10.2. The maximum Gasteiger partial charge on any atom is 0.277 e. The summed E-state index contributed by atoms with van der Waals surface area (Å²) in [5, 5.41) is 1.17. The Morgan fingerprint density at radius 3 is 2.85 bits per heavy atom. The SMILES string of the molecule is O=C(N=C1S[C@H]2CS(=O)(=O)C[C@@H]2N1c1cc(Cl)ccc1Cl)[C@@H]1CCCO1. The van der Waals surface area contributed by atoms with Gasteiger partial charge in [-0.05, 0) is 31.0 Å². The van der Waals surface area contributed by atoms with Gasteiger partial charge in [-0.3, -0.25) is 4.79 Å². The first-order valence-corrected chi connectivity index (χ1v) is 11.7. The molecule has 0 radical (unpaired) electrons. The molecule has 3 aliphatic rings. The smallest absolute Gasteiger partial charge is 0.277 e. The summed E-state index contributed by atoms with van der Waals surface area (Å²) in [6, 6.07) is 4.66. The highest BCUT2D eigenvalue weighted by atomic mass is 35.5. The van der Waals surface area contributed by atoms with E-state index < -0.39 is 15.9 Å². The van der Waals surface area contributed by atoms with Gasteiger partial charge in [0.15, 0.2) is 15.0 Å². The van der Waals surface area contributed by atoms with Crippen molar-refractivity contribution in [3.8, 4) is 0 Å². The minimum absolute atomic E-state index is 0.000643. The molecule has 3 atom stereocenters. The Labute approximate surface area is 165 Å². The highest BCUT2D eigenvalue weighted by molar-refractivity contribution is 8.16. The molecule has 10 heteroatoms. The average molecular weight is 435 g/mol. The van der Waals surface area contributed by atoms with Gasteiger partial charge in [0.05, 0.1) is 28.3 Å². The van der Waals surface area contributed by atoms with Crippen LogP contribution in [0.15, 0.2) is 23.2 Å². The van der Waals surface area contributed by atoms with Crippen molar-refractivity contribution in [2.45, 2.75) is 30.2 Å². The molecule has 0 unspecified atom stereocenters. The second-order valence-electron chi connectivity index (χ2n) is 6.50. The summed E-state index contributed by atoms with van der Waals surface area (Å²) in [5.74, 6) is -0.277. The van der Waals surface area contributed by atoms with Crippen molar-refractivity contribution in [3.05, 3.63) is 28.2 Å². The Morgan fingerprint density at radius 1 is 1.31 bits per heavy atom. The largest absolute Gasteiger partial charge is 0.368 e. The van der Waals surface area contributed by atoms with Gasteiger partial charge in [0, 0.05) is 16.9 Å². The molecule has 140 valence electrons. The third-order valence-electron chi connectivity index (χ3n) is 4.65. The lowest BCUT2D eigenvalue weighted by Crippen LogP contribution is -2.38. The number of rotatable bonds is 2. The molecule has 4 rings (SSSR count). The van der Waals surface area contributed by atoms with E-state index in [1.54, 1.807) is 23.1 Å². The molecule has 0 spiro atoms. The van der Waals surface area contributed by atoms with Crippen molar-refractivity contribution >= 4 is 61.6 Å². The minimum atomic E-state index is -3.14. The normalized spacial score (nSPS) is 31.5. The zero-order valence-electron chi connectivity index (χ0n) is 13.6. The van der Waals surface area contributed by atoms with Crippen LogP contribution >= 0.6 is 35.0 Å². The summed E-state index contributed by atoms with van der Waals surface area (Å²) in [4.78, 5) is 18.5. The number of nitrogens with zero attached hydrogens (tertiary/aromatic N) is 2. The molecule has 0 aliphatic carbocycles. The van der Waals surface area contributed by atoms with Crippen LogP contribution in [-0.2, 0) is 19.4 Å². The summed E-state index contributed by atoms with van der Waals surface area (Å²) < 4.78 is 29.6. The third-order valence-corrected chi connectivity index (χ3v) is 8.41. The fourth-order valence-electron chi connectivity index (χ4n) is 3.46. The van der Waals surface area contributed by atoms with Gasteiger partial charge >= 0.3 is 0 Å². The highest BCUT2D eigenvalue weighted by Gasteiger charge is 2.50. The zero-order valence-corrected chi connectivity index (χ0v) is 16.7. The van der Waals surface area contributed by atoms with E-state index in [4.69, 9.17) is 27.9 Å². The van der Waals surface area contributed by atoms with Crippen LogP contribution in [0.25, 0.3) is 0 Å². The number of carbonyl (C=O) groups is 1. The van der Waals surface area contributed by atoms with Crippen molar-refractivity contribution < 1.29 is 17.9 Å². The molecule has 1 aromatic carbocycles. The van der Waals surface area contributed by atoms with Crippen molar-refractivity contribution in [2.24, 2.45) is 4.99 Å². The number of anilines is 1. The van der Waals surface area contributed by atoms with Gasteiger partial charge in [-0.1, -0.05) is 35.0 Å². The van der Waals surface area contributed by atoms with Crippen molar-refractivity contribution in [3.63, 3.8) is 0 Å². The van der Waals surface area contributed by atoms with Crippen molar-refractivity contribution in [2.75, 3.05) is 23.0 Å². The average Bonchev–Trinajstić information content (AvgIpc) is 3.25. The maximum atomic E-state index is 12.4. The van der Waals surface area contributed by atoms with Crippen LogP contribution in [-0.4, -0.2) is 55.0 Å². The predicted octanol–water partition coefficient (Wildman–Crippen LogP) is 2.77. The molecule has 6 nitrogen and oxygen atoms in total. The Hall–Kier alpha value is -0.800. The molecule has 26 heavy (non-hydrogen) atoms. The van der Waals surface area contributed by atoms with E-state index in [1.165, 1.54) is 11.8 Å². The van der Waals surface area contributed by atoms with Crippen LogP contribution in [0.4, 0.5) is 5.69 Å². The molecular formula is C16H16Cl2N2O4S2. The molecule has 3 saturated heterocycles. The van der Waals surface area contributed by atoms with Crippen LogP contribution in [0, 0.1) is 0 Å². The second kappa shape index (κ2) is 6.98. The number of carbonyl (C=O) groups excluding carboxylic acids is 1. The highest BCUT2D eigenvalue weighted by Crippen LogP contribution is 2.43. The van der Waals surface area contributed by atoms with Gasteiger partial charge in [-0.2, -0.15) is 4.99 Å². The molecule has 1 amide bonds. The van der Waals surface area contributed by atoms with Gasteiger partial charge in [0.1, 0.15) is 6.10 Å². The molecule has 1 aromatic rings. The van der Waals surface area contributed by atoms with Crippen LogP contribution in [0.2, 0.25) is 10.0 Å². The lowest BCUT2D eigenvalue weighted by molar-refractivity contribution is -0.126. The van der Waals surface area contributed by atoms with E-state index >= 15 is 0 Å². The number of hydrogen-bond acceptors (Lipinski definition) is 5. The lowest BCUT2D eigenvalue weighted by Gasteiger charge is -2.25. The fourth-order valence-corrected chi connectivity index (χ4v) is 7.74. The molecule has 0 bridgehead atoms. The van der Waals surface area contributed by atoms with Gasteiger partial charge in [0.25, 0.3) is 5.91 Å². The summed E-state index contributed by atoms with van der Waals surface area (Å²) in [6.07, 6.45) is 0.963. The molecule has 0 saturated carbocycles. The molecule has 0 N–H and O–H groups in total. The number of amidine groups is 1. The zero-order chi connectivity index (χ0) is 18.5. The summed E-state index contributed by atoms with van der Waals surface area (Å²) in [6.45, 7) is 0.557. The van der Waals surface area contributed by atoms with Crippen LogP contribution in [0.5, 0.6) is 0 Å². The standard InChI is InChI=1S/C16H16Cl2N2O4S2/c17-9-3-4-10(18)11(6-9)20-12-7-26(22,23)8-14(12)25-16(20)19-15(21)13-2-1-5-24-13/h3-4,6,12-14H,1-2,5,7-8H2/t12-,13-,14-/m0/s1. The molecular weight excluding hydrogens is 419 g/mol. The van der Waals surface area contributed by atoms with Crippen LogP contribution < -0.4 is 4.90 Å². The quantitative estimate of drug-likeness (QED) is 0.711. The van der Waals surface area contributed by atoms with E-state index in [0.717, 1.165) is 6.42 Å². The first-order valence-electron chi connectivity index (χ1n) is 8.19. The fraction of sp³-hybridized carbons (Fsp3) is 0.500. The second-order valence-corrected chi connectivity index (χ2v) is 10.7. The Balaban J connectivity index is 1.73. The van der Waals surface area contributed by atoms with E-state index in [-0.39, 0.29) is 28.7 Å². The first kappa shape index (κ1) is 18.6. The number of aliphatic imine (C=N–C) groups is 1. The van der Waals surface area contributed by atoms with E-state index in [1.807, 2.05) is 0 Å². The monoisotopic (exact) mass is 434 g/mol. The van der Waals surface area contributed by atoms with Crippen LogP contribution in [0.1, 0.15) is 12.8 Å². The number of amides is 1. The molecule has 3 heterocycles. The number of fused-ring (bicyclic) bond motifs is 1. The first-order chi connectivity index (χ1) is 12.3. The Kier molecular flexibility index (Phi) is 4.98. The van der Waals surface area contributed by atoms with Gasteiger partial charge < -0.3 is 9.64 Å². The molecule has 3 aliphatic heterocycles. The Bertz CT molecular complexity index is 884. The molecule has 3 fully saturated rings. The minimum Gasteiger partial charge on any atom is -0.368 e. The van der Waals surface area contributed by atoms with E-state index in [2.05, 4.69) is 4.99 Å². The number of ether oxygens (including phenoxy) is 1. The molecule has 0 aromatic heterocycles. The number of thioether (sulfide) groups is 1. The van der Waals surface area contributed by atoms with Gasteiger partial charge in [-0.25, -0.2) is 8.42 Å². The van der Waals surface area contributed by atoms with Crippen LogP contribution in [0.3, 0.4) is 0 Å².